The molecule has 0 aliphatic rings. The fraction of sp³-hybridized carbons (Fsp3) is 0.286. The van der Waals surface area contributed by atoms with Crippen LogP contribution < -0.4 is 4.74 Å². The Bertz CT molecular complexity index is 1460. The van der Waals surface area contributed by atoms with Crippen molar-refractivity contribution in [2.24, 2.45) is 0 Å². The Hall–Kier alpha value is -3.17. The van der Waals surface area contributed by atoms with E-state index < -0.39 is 23.3 Å². The Kier molecular flexibility index (Phi) is 7.99. The highest BCUT2D eigenvalue weighted by Gasteiger charge is 2.30. The van der Waals surface area contributed by atoms with Gasteiger partial charge in [0.15, 0.2) is 6.61 Å². The Morgan fingerprint density at radius 1 is 1.03 bits per heavy atom. The van der Waals surface area contributed by atoms with Crippen LogP contribution in [0.1, 0.15) is 37.6 Å². The van der Waals surface area contributed by atoms with Gasteiger partial charge in [-0.1, -0.05) is 11.6 Å². The van der Waals surface area contributed by atoms with Gasteiger partial charge in [0.1, 0.15) is 11.4 Å². The van der Waals surface area contributed by atoms with Crippen molar-refractivity contribution in [3.8, 4) is 11.4 Å². The van der Waals surface area contributed by atoms with Crippen LogP contribution in [0.15, 0.2) is 65.6 Å². The number of aryl methyl sites for hydroxylation is 1. The van der Waals surface area contributed by atoms with Crippen molar-refractivity contribution < 1.29 is 27.4 Å². The minimum atomic E-state index is -4.41. The molecule has 0 fully saturated rings. The number of benzene rings is 3. The van der Waals surface area contributed by atoms with E-state index in [2.05, 4.69) is 0 Å². The second-order valence-electron chi connectivity index (χ2n) is 9.66. The van der Waals surface area contributed by atoms with Gasteiger partial charge in [-0.25, -0.2) is 9.48 Å². The molecular formula is C28H26ClF3N2O3S. The molecule has 1 heterocycles. The lowest BCUT2D eigenvalue weighted by Gasteiger charge is -2.19. The average Bonchev–Trinajstić information content (AvgIpc) is 3.18. The van der Waals surface area contributed by atoms with Gasteiger partial charge < -0.3 is 9.47 Å². The number of esters is 1. The van der Waals surface area contributed by atoms with Crippen LogP contribution in [0.5, 0.6) is 5.75 Å². The maximum atomic E-state index is 13.0. The zero-order valence-electron chi connectivity index (χ0n) is 21.2. The average molecular weight is 563 g/mol. The van der Waals surface area contributed by atoms with E-state index in [1.54, 1.807) is 55.4 Å². The molecule has 4 aromatic rings. The Balaban J connectivity index is 1.51. The highest BCUT2D eigenvalue weighted by atomic mass is 35.5. The summed E-state index contributed by atoms with van der Waals surface area (Å²) in [6.45, 7) is 7.11. The first kappa shape index (κ1) is 27.9. The summed E-state index contributed by atoms with van der Waals surface area (Å²) in [6, 6.07) is 15.9. The highest BCUT2D eigenvalue weighted by Crippen LogP contribution is 2.33. The third kappa shape index (κ3) is 6.82. The van der Waals surface area contributed by atoms with Crippen molar-refractivity contribution in [2.75, 3.05) is 6.61 Å². The van der Waals surface area contributed by atoms with Gasteiger partial charge in [-0.2, -0.15) is 18.3 Å². The van der Waals surface area contributed by atoms with Crippen molar-refractivity contribution in [1.29, 1.82) is 0 Å². The van der Waals surface area contributed by atoms with Crippen LogP contribution in [0, 0.1) is 6.92 Å². The zero-order valence-corrected chi connectivity index (χ0v) is 22.8. The molecule has 1 aromatic heterocycles. The van der Waals surface area contributed by atoms with E-state index in [4.69, 9.17) is 26.2 Å². The molecule has 0 bridgehead atoms. The fourth-order valence-electron chi connectivity index (χ4n) is 3.78. The molecule has 0 radical (unpaired) electrons. The molecule has 0 N–H and O–H groups in total. The summed E-state index contributed by atoms with van der Waals surface area (Å²) in [7, 11) is 0. The van der Waals surface area contributed by atoms with Gasteiger partial charge in [-0.05, 0) is 93.9 Å². The van der Waals surface area contributed by atoms with Crippen molar-refractivity contribution in [1.82, 2.24) is 9.78 Å². The van der Waals surface area contributed by atoms with Gasteiger partial charge >= 0.3 is 12.1 Å². The van der Waals surface area contributed by atoms with E-state index in [1.165, 1.54) is 12.1 Å². The maximum Gasteiger partial charge on any atom is 0.416 e. The van der Waals surface area contributed by atoms with Crippen LogP contribution >= 0.6 is 23.4 Å². The number of nitrogens with zero attached hydrogens (tertiary/aromatic N) is 2. The number of carbonyl (C=O) groups is 1. The SMILES string of the molecule is Cc1cc(SCc2nn(-c3ccc(C(F)(F)F)cc3)c3cc(Cl)ccc23)ccc1OCC(=O)OC(C)(C)C. The number of thioether (sulfide) groups is 1. The van der Waals surface area contributed by atoms with E-state index in [-0.39, 0.29) is 6.61 Å². The van der Waals surface area contributed by atoms with Gasteiger partial charge in [0.25, 0.3) is 0 Å². The molecule has 5 nitrogen and oxygen atoms in total. The predicted molar refractivity (Wildman–Crippen MR) is 143 cm³/mol. The Labute approximate surface area is 227 Å². The lowest BCUT2D eigenvalue weighted by molar-refractivity contribution is -0.157. The molecule has 0 unspecified atom stereocenters. The molecule has 0 spiro atoms. The van der Waals surface area contributed by atoms with Crippen molar-refractivity contribution >= 4 is 40.2 Å². The summed E-state index contributed by atoms with van der Waals surface area (Å²) in [6.07, 6.45) is -4.41. The summed E-state index contributed by atoms with van der Waals surface area (Å²) < 4.78 is 51.6. The number of alkyl halides is 3. The molecule has 200 valence electrons. The smallest absolute Gasteiger partial charge is 0.416 e. The fourth-order valence-corrected chi connectivity index (χ4v) is 4.89. The lowest BCUT2D eigenvalue weighted by atomic mass is 10.2. The molecule has 0 saturated carbocycles. The second-order valence-corrected chi connectivity index (χ2v) is 11.1. The van der Waals surface area contributed by atoms with E-state index in [9.17, 15) is 18.0 Å². The zero-order chi connectivity index (χ0) is 27.7. The molecule has 0 aliphatic carbocycles. The topological polar surface area (TPSA) is 53.4 Å². The minimum Gasteiger partial charge on any atom is -0.482 e. The van der Waals surface area contributed by atoms with Gasteiger partial charge in [0.2, 0.25) is 0 Å². The van der Waals surface area contributed by atoms with Crippen LogP contribution in [0.4, 0.5) is 13.2 Å². The lowest BCUT2D eigenvalue weighted by Crippen LogP contribution is -2.27. The van der Waals surface area contributed by atoms with E-state index in [0.717, 1.165) is 33.7 Å². The normalized spacial score (nSPS) is 12.1. The van der Waals surface area contributed by atoms with Gasteiger partial charge in [0.05, 0.1) is 22.5 Å². The van der Waals surface area contributed by atoms with Crippen molar-refractivity contribution in [3.63, 3.8) is 0 Å². The highest BCUT2D eigenvalue weighted by molar-refractivity contribution is 7.98. The van der Waals surface area contributed by atoms with Crippen LogP contribution in [0.25, 0.3) is 16.6 Å². The first-order valence-corrected chi connectivity index (χ1v) is 13.1. The molecule has 38 heavy (non-hydrogen) atoms. The largest absolute Gasteiger partial charge is 0.482 e. The predicted octanol–water partition coefficient (Wildman–Crippen LogP) is 8.02. The van der Waals surface area contributed by atoms with Gasteiger partial charge in [0, 0.05) is 21.1 Å². The third-order valence-electron chi connectivity index (χ3n) is 5.45. The second kappa shape index (κ2) is 10.9. The summed E-state index contributed by atoms with van der Waals surface area (Å²) in [5.74, 6) is 0.668. The van der Waals surface area contributed by atoms with E-state index in [0.29, 0.717) is 27.7 Å². The summed E-state index contributed by atoms with van der Waals surface area (Å²) in [4.78, 5) is 12.9. The van der Waals surface area contributed by atoms with Crippen LogP contribution in [-0.4, -0.2) is 28.0 Å². The number of carbonyl (C=O) groups excluding carboxylic acids is 1. The summed E-state index contributed by atoms with van der Waals surface area (Å²) in [5, 5.41) is 6.06. The summed E-state index contributed by atoms with van der Waals surface area (Å²) >= 11 is 7.78. The van der Waals surface area contributed by atoms with Crippen molar-refractivity contribution in [3.05, 3.63) is 82.5 Å². The molecule has 10 heteroatoms. The van der Waals surface area contributed by atoms with E-state index >= 15 is 0 Å². The quantitative estimate of drug-likeness (QED) is 0.169. The van der Waals surface area contributed by atoms with Crippen LogP contribution in [-0.2, 0) is 21.5 Å². The first-order valence-electron chi connectivity index (χ1n) is 11.7. The molecule has 0 amide bonds. The number of aromatic nitrogens is 2. The molecule has 4 rings (SSSR count). The number of rotatable bonds is 7. The summed E-state index contributed by atoms with van der Waals surface area (Å²) in [5.41, 5.74) is 1.54. The van der Waals surface area contributed by atoms with Crippen LogP contribution in [0.3, 0.4) is 0 Å². The number of fused-ring (bicyclic) bond motifs is 1. The molecular weight excluding hydrogens is 537 g/mol. The molecule has 3 aromatic carbocycles. The standard InChI is InChI=1S/C28H26ClF3N2O3S/c1-17-13-21(10-12-25(17)36-15-26(35)37-27(2,3)4)38-16-23-22-11-7-19(29)14-24(22)34(33-23)20-8-5-18(6-9-20)28(30,31)32/h5-14H,15-16H2,1-4H3. The minimum absolute atomic E-state index is 0.180. The molecule has 0 aliphatic heterocycles. The number of ether oxygens (including phenoxy) is 2. The first-order chi connectivity index (χ1) is 17.8. The number of halogens is 4. The molecule has 0 saturated heterocycles. The number of hydrogen-bond donors (Lipinski definition) is 0. The van der Waals surface area contributed by atoms with E-state index in [1.807, 2.05) is 25.1 Å². The van der Waals surface area contributed by atoms with Gasteiger partial charge in [-0.3, -0.25) is 0 Å². The van der Waals surface area contributed by atoms with Crippen LogP contribution in [0.2, 0.25) is 5.02 Å². The monoisotopic (exact) mass is 562 g/mol. The Morgan fingerprint density at radius 2 is 1.74 bits per heavy atom. The van der Waals surface area contributed by atoms with Crippen molar-refractivity contribution in [2.45, 2.75) is 50.1 Å². The maximum absolute atomic E-state index is 13.0. The Morgan fingerprint density at radius 3 is 2.37 bits per heavy atom. The third-order valence-corrected chi connectivity index (χ3v) is 6.69. The number of hydrogen-bond acceptors (Lipinski definition) is 5. The van der Waals surface area contributed by atoms with Gasteiger partial charge in [-0.15, -0.1) is 11.8 Å². The molecule has 0 atom stereocenters.